The maximum absolute atomic E-state index is 13.6. The van der Waals surface area contributed by atoms with Crippen LogP contribution in [0, 0.1) is 17.6 Å². The molecule has 2 rings (SSSR count). The van der Waals surface area contributed by atoms with Crippen LogP contribution in [0.5, 0.6) is 0 Å². The molecule has 1 aromatic rings. The number of aliphatic hydroxyl groups excluding tert-OH is 1. The zero-order valence-corrected chi connectivity index (χ0v) is 10.2. The lowest BCUT2D eigenvalue weighted by molar-refractivity contribution is 0.0690. The zero-order chi connectivity index (χ0) is 14.0. The van der Waals surface area contributed by atoms with Gasteiger partial charge in [-0.1, -0.05) is 0 Å². The minimum atomic E-state index is -1.50. The lowest BCUT2D eigenvalue weighted by atomic mass is 10.1. The molecule has 1 aromatic carbocycles. The lowest BCUT2D eigenvalue weighted by Crippen LogP contribution is -2.14. The summed E-state index contributed by atoms with van der Waals surface area (Å²) >= 11 is 0. The molecular formula is C13H15F2NO3. The zero-order valence-electron chi connectivity index (χ0n) is 10.2. The Morgan fingerprint density at radius 1 is 1.32 bits per heavy atom. The molecule has 0 heterocycles. The van der Waals surface area contributed by atoms with Crippen LogP contribution in [0.4, 0.5) is 14.5 Å². The second-order valence-corrected chi connectivity index (χ2v) is 4.81. The number of hydrogen-bond acceptors (Lipinski definition) is 3. The Labute approximate surface area is 109 Å². The van der Waals surface area contributed by atoms with Crippen molar-refractivity contribution in [2.24, 2.45) is 5.92 Å². The summed E-state index contributed by atoms with van der Waals surface area (Å²) < 4.78 is 27.1. The van der Waals surface area contributed by atoms with Gasteiger partial charge >= 0.3 is 5.97 Å². The third kappa shape index (κ3) is 3.01. The van der Waals surface area contributed by atoms with E-state index < -0.39 is 23.2 Å². The lowest BCUT2D eigenvalue weighted by Gasteiger charge is -2.13. The molecule has 1 fully saturated rings. The van der Waals surface area contributed by atoms with E-state index in [1.807, 2.05) is 0 Å². The van der Waals surface area contributed by atoms with Crippen molar-refractivity contribution in [3.8, 4) is 0 Å². The molecule has 6 heteroatoms. The first-order chi connectivity index (χ1) is 8.99. The Morgan fingerprint density at radius 2 is 2.05 bits per heavy atom. The van der Waals surface area contributed by atoms with Gasteiger partial charge in [-0.25, -0.2) is 13.6 Å². The highest BCUT2D eigenvalue weighted by Crippen LogP contribution is 2.27. The molecule has 0 aromatic heterocycles. The molecule has 0 amide bonds. The molecule has 0 saturated heterocycles. The summed E-state index contributed by atoms with van der Waals surface area (Å²) in [5.41, 5.74) is -0.733. The Morgan fingerprint density at radius 3 is 2.63 bits per heavy atom. The summed E-state index contributed by atoms with van der Waals surface area (Å²) in [6.45, 7) is 0.430. The van der Waals surface area contributed by atoms with Gasteiger partial charge in [-0.2, -0.15) is 0 Å². The number of aliphatic hydroxyl groups is 1. The van der Waals surface area contributed by atoms with Crippen molar-refractivity contribution in [3.63, 3.8) is 0 Å². The van der Waals surface area contributed by atoms with E-state index in [4.69, 9.17) is 5.11 Å². The second-order valence-electron chi connectivity index (χ2n) is 4.81. The number of rotatable bonds is 4. The molecule has 0 spiro atoms. The van der Waals surface area contributed by atoms with Gasteiger partial charge in [0.15, 0.2) is 11.6 Å². The summed E-state index contributed by atoms with van der Waals surface area (Å²) in [5.74, 6) is -3.82. The predicted molar refractivity (Wildman–Crippen MR) is 65.2 cm³/mol. The molecule has 1 aliphatic rings. The summed E-state index contributed by atoms with van der Waals surface area (Å²) in [6, 6.07) is 2.25. The fourth-order valence-electron chi connectivity index (χ4n) is 2.34. The number of halogens is 2. The summed E-state index contributed by atoms with van der Waals surface area (Å²) in [6.07, 6.45) is 1.89. The van der Waals surface area contributed by atoms with Crippen molar-refractivity contribution in [3.05, 3.63) is 29.3 Å². The third-order valence-corrected chi connectivity index (χ3v) is 3.41. The average Bonchev–Trinajstić information content (AvgIpc) is 2.76. The Kier molecular flexibility index (Phi) is 3.99. The summed E-state index contributed by atoms with van der Waals surface area (Å²) in [7, 11) is 0. The van der Waals surface area contributed by atoms with Crippen LogP contribution >= 0.6 is 0 Å². The standard InChI is InChI=1S/C13H15F2NO3/c14-11-9(13(18)19)3-4-10(12(11)15)16-6-7-1-2-8(17)5-7/h3-4,7-8,16-17H,1-2,5-6H2,(H,18,19). The van der Waals surface area contributed by atoms with Crippen LogP contribution in [0.2, 0.25) is 0 Å². The molecule has 3 N–H and O–H groups in total. The van der Waals surface area contributed by atoms with Gasteiger partial charge in [-0.05, 0) is 37.3 Å². The van der Waals surface area contributed by atoms with Crippen LogP contribution in [0.15, 0.2) is 12.1 Å². The molecular weight excluding hydrogens is 256 g/mol. The van der Waals surface area contributed by atoms with Crippen LogP contribution in [0.1, 0.15) is 29.6 Å². The Bertz CT molecular complexity index is 493. The van der Waals surface area contributed by atoms with E-state index in [2.05, 4.69) is 5.32 Å². The number of anilines is 1. The topological polar surface area (TPSA) is 69.6 Å². The van der Waals surface area contributed by atoms with Crippen LogP contribution in [-0.2, 0) is 0 Å². The van der Waals surface area contributed by atoms with E-state index in [0.29, 0.717) is 13.0 Å². The SMILES string of the molecule is O=C(O)c1ccc(NCC2CCC(O)C2)c(F)c1F. The smallest absolute Gasteiger partial charge is 0.338 e. The molecule has 2 unspecified atom stereocenters. The molecule has 0 aliphatic heterocycles. The van der Waals surface area contributed by atoms with Crippen LogP contribution in [-0.4, -0.2) is 28.8 Å². The molecule has 19 heavy (non-hydrogen) atoms. The van der Waals surface area contributed by atoms with E-state index in [1.54, 1.807) is 0 Å². The normalized spacial score (nSPS) is 22.5. The van der Waals surface area contributed by atoms with Crippen molar-refractivity contribution in [2.75, 3.05) is 11.9 Å². The first kappa shape index (κ1) is 13.7. The van der Waals surface area contributed by atoms with Crippen LogP contribution < -0.4 is 5.32 Å². The number of carboxylic acid groups (broad SMARTS) is 1. The number of nitrogens with one attached hydrogen (secondary N) is 1. The first-order valence-electron chi connectivity index (χ1n) is 6.12. The van der Waals surface area contributed by atoms with Gasteiger partial charge in [0, 0.05) is 6.54 Å². The molecule has 2 atom stereocenters. The quantitative estimate of drug-likeness (QED) is 0.785. The first-order valence-corrected chi connectivity index (χ1v) is 6.12. The van der Waals surface area contributed by atoms with Gasteiger partial charge in [-0.15, -0.1) is 0 Å². The molecule has 0 bridgehead atoms. The third-order valence-electron chi connectivity index (χ3n) is 3.41. The largest absolute Gasteiger partial charge is 0.478 e. The van der Waals surface area contributed by atoms with Gasteiger partial charge in [-0.3, -0.25) is 0 Å². The average molecular weight is 271 g/mol. The van der Waals surface area contributed by atoms with Gasteiger partial charge in [0.25, 0.3) is 0 Å². The van der Waals surface area contributed by atoms with Crippen molar-refractivity contribution in [1.82, 2.24) is 0 Å². The molecule has 0 radical (unpaired) electrons. The fraction of sp³-hybridized carbons (Fsp3) is 0.462. The highest BCUT2D eigenvalue weighted by molar-refractivity contribution is 5.88. The Hall–Kier alpha value is -1.69. The molecule has 4 nitrogen and oxygen atoms in total. The van der Waals surface area contributed by atoms with Crippen molar-refractivity contribution in [1.29, 1.82) is 0 Å². The summed E-state index contributed by atoms with van der Waals surface area (Å²) in [5, 5.41) is 20.8. The van der Waals surface area contributed by atoms with Gasteiger partial charge < -0.3 is 15.5 Å². The number of hydrogen-bond donors (Lipinski definition) is 3. The van der Waals surface area contributed by atoms with Gasteiger partial charge in [0.1, 0.15) is 0 Å². The number of carboxylic acids is 1. The monoisotopic (exact) mass is 271 g/mol. The van der Waals surface area contributed by atoms with E-state index in [1.165, 1.54) is 6.07 Å². The van der Waals surface area contributed by atoms with Crippen molar-refractivity contribution < 1.29 is 23.8 Å². The predicted octanol–water partition coefficient (Wildman–Crippen LogP) is 2.24. The van der Waals surface area contributed by atoms with Gasteiger partial charge in [0.2, 0.25) is 0 Å². The number of carbonyl (C=O) groups is 1. The van der Waals surface area contributed by atoms with Crippen molar-refractivity contribution in [2.45, 2.75) is 25.4 Å². The van der Waals surface area contributed by atoms with Crippen LogP contribution in [0.25, 0.3) is 0 Å². The second kappa shape index (κ2) is 5.52. The highest BCUT2D eigenvalue weighted by atomic mass is 19.2. The van der Waals surface area contributed by atoms with Crippen molar-refractivity contribution >= 4 is 11.7 Å². The molecule has 1 aliphatic carbocycles. The fourth-order valence-corrected chi connectivity index (χ4v) is 2.34. The highest BCUT2D eigenvalue weighted by Gasteiger charge is 2.23. The molecule has 1 saturated carbocycles. The van der Waals surface area contributed by atoms with Gasteiger partial charge in [0.05, 0.1) is 17.4 Å². The maximum Gasteiger partial charge on any atom is 0.338 e. The van der Waals surface area contributed by atoms with E-state index in [9.17, 15) is 18.7 Å². The molecule has 104 valence electrons. The minimum Gasteiger partial charge on any atom is -0.478 e. The van der Waals surface area contributed by atoms with E-state index in [0.717, 1.165) is 18.9 Å². The van der Waals surface area contributed by atoms with E-state index in [-0.39, 0.29) is 17.7 Å². The maximum atomic E-state index is 13.6. The Balaban J connectivity index is 2.05. The summed E-state index contributed by atoms with van der Waals surface area (Å²) in [4.78, 5) is 10.6. The van der Waals surface area contributed by atoms with E-state index >= 15 is 0 Å². The number of benzene rings is 1. The van der Waals surface area contributed by atoms with Crippen LogP contribution in [0.3, 0.4) is 0 Å². The minimum absolute atomic E-state index is 0.0520. The number of aromatic carboxylic acids is 1.